The molecule has 112 valence electrons. The zero-order valence-electron chi connectivity index (χ0n) is 12.0. The van der Waals surface area contributed by atoms with Gasteiger partial charge in [0.15, 0.2) is 5.82 Å². The number of imidazole rings is 1. The van der Waals surface area contributed by atoms with Crippen LogP contribution >= 0.6 is 0 Å². The number of carbonyl (C=O) groups excluding carboxylic acids is 1. The van der Waals surface area contributed by atoms with Crippen molar-refractivity contribution in [2.75, 3.05) is 17.7 Å². The van der Waals surface area contributed by atoms with Crippen LogP contribution in [0.3, 0.4) is 0 Å². The molecular weight excluding hydrogens is 282 g/mol. The summed E-state index contributed by atoms with van der Waals surface area (Å²) in [6.45, 7) is 2.01. The van der Waals surface area contributed by atoms with E-state index in [1.165, 1.54) is 0 Å². The molecule has 3 rings (SSSR count). The van der Waals surface area contributed by atoms with Crippen LogP contribution in [0.2, 0.25) is 0 Å². The molecule has 0 aliphatic carbocycles. The van der Waals surface area contributed by atoms with Gasteiger partial charge in [0.1, 0.15) is 17.2 Å². The van der Waals surface area contributed by atoms with Crippen LogP contribution in [0.1, 0.15) is 6.92 Å². The van der Waals surface area contributed by atoms with Crippen molar-refractivity contribution in [3.8, 4) is 11.4 Å². The first-order valence-electron chi connectivity index (χ1n) is 6.83. The maximum Gasteiger partial charge on any atom is 0.412 e. The number of hydrogen-bond acceptors (Lipinski definition) is 5. The highest BCUT2D eigenvalue weighted by Crippen LogP contribution is 2.25. The molecule has 0 aliphatic rings. The van der Waals surface area contributed by atoms with Crippen LogP contribution < -0.4 is 11.1 Å². The van der Waals surface area contributed by atoms with Gasteiger partial charge in [-0.1, -0.05) is 30.3 Å². The molecule has 7 heteroatoms. The van der Waals surface area contributed by atoms with Crippen LogP contribution in [0.5, 0.6) is 0 Å². The van der Waals surface area contributed by atoms with Crippen molar-refractivity contribution in [1.82, 2.24) is 15.0 Å². The Hall–Kier alpha value is -3.09. The van der Waals surface area contributed by atoms with Crippen LogP contribution in [-0.2, 0) is 4.74 Å². The minimum atomic E-state index is -0.573. The van der Waals surface area contributed by atoms with Crippen molar-refractivity contribution in [2.24, 2.45) is 0 Å². The number of hydrogen-bond donors (Lipinski definition) is 3. The van der Waals surface area contributed by atoms with E-state index in [9.17, 15) is 4.79 Å². The number of ether oxygens (including phenoxy) is 1. The number of rotatable bonds is 3. The number of pyridine rings is 1. The van der Waals surface area contributed by atoms with Crippen molar-refractivity contribution in [3.05, 3.63) is 36.4 Å². The zero-order chi connectivity index (χ0) is 15.5. The fourth-order valence-corrected chi connectivity index (χ4v) is 2.11. The number of aromatic nitrogens is 3. The molecule has 0 saturated heterocycles. The van der Waals surface area contributed by atoms with E-state index >= 15 is 0 Å². The van der Waals surface area contributed by atoms with E-state index < -0.39 is 6.09 Å². The lowest BCUT2D eigenvalue weighted by Gasteiger charge is -2.05. The maximum absolute atomic E-state index is 11.4. The lowest BCUT2D eigenvalue weighted by atomic mass is 10.2. The molecule has 7 nitrogen and oxygen atoms in total. The second kappa shape index (κ2) is 5.72. The number of fused-ring (bicyclic) bond motifs is 1. The molecule has 0 bridgehead atoms. The number of benzene rings is 1. The van der Waals surface area contributed by atoms with E-state index in [-0.39, 0.29) is 12.4 Å². The summed E-state index contributed by atoms with van der Waals surface area (Å²) in [5.41, 5.74) is 8.11. The van der Waals surface area contributed by atoms with Gasteiger partial charge in [-0.2, -0.15) is 0 Å². The van der Waals surface area contributed by atoms with Gasteiger partial charge in [-0.3, -0.25) is 5.32 Å². The average Bonchev–Trinajstić information content (AvgIpc) is 2.93. The van der Waals surface area contributed by atoms with Gasteiger partial charge in [0.2, 0.25) is 0 Å². The van der Waals surface area contributed by atoms with Crippen LogP contribution in [-0.4, -0.2) is 27.7 Å². The van der Waals surface area contributed by atoms with Crippen LogP contribution in [0.4, 0.5) is 16.4 Å². The third-order valence-corrected chi connectivity index (χ3v) is 3.05. The van der Waals surface area contributed by atoms with Gasteiger partial charge in [0, 0.05) is 11.6 Å². The molecule has 0 aliphatic heterocycles. The third kappa shape index (κ3) is 2.69. The number of aromatic amines is 1. The van der Waals surface area contributed by atoms with Gasteiger partial charge in [0.05, 0.1) is 12.1 Å². The fraction of sp³-hybridized carbons (Fsp3) is 0.133. The Labute approximate surface area is 126 Å². The van der Waals surface area contributed by atoms with Gasteiger partial charge in [-0.05, 0) is 6.92 Å². The van der Waals surface area contributed by atoms with Gasteiger partial charge in [-0.25, -0.2) is 14.8 Å². The fourth-order valence-electron chi connectivity index (χ4n) is 2.11. The Morgan fingerprint density at radius 2 is 2.09 bits per heavy atom. The predicted octanol–water partition coefficient (Wildman–Crippen LogP) is 2.78. The molecule has 2 aromatic heterocycles. The molecule has 0 saturated carbocycles. The van der Waals surface area contributed by atoms with Crippen molar-refractivity contribution in [1.29, 1.82) is 0 Å². The predicted molar refractivity (Wildman–Crippen MR) is 84.4 cm³/mol. The first-order valence-corrected chi connectivity index (χ1v) is 6.83. The lowest BCUT2D eigenvalue weighted by molar-refractivity contribution is 0.168. The Morgan fingerprint density at radius 1 is 1.32 bits per heavy atom. The van der Waals surface area contributed by atoms with E-state index in [1.807, 2.05) is 30.3 Å². The van der Waals surface area contributed by atoms with Gasteiger partial charge in [0.25, 0.3) is 0 Å². The molecule has 0 radical (unpaired) electrons. The molecule has 4 N–H and O–H groups in total. The average molecular weight is 297 g/mol. The normalized spacial score (nSPS) is 10.6. The van der Waals surface area contributed by atoms with Crippen molar-refractivity contribution in [2.45, 2.75) is 6.92 Å². The van der Waals surface area contributed by atoms with E-state index in [2.05, 4.69) is 20.3 Å². The number of anilines is 2. The van der Waals surface area contributed by atoms with Gasteiger partial charge in [-0.15, -0.1) is 0 Å². The van der Waals surface area contributed by atoms with Crippen molar-refractivity contribution >= 4 is 28.8 Å². The quantitative estimate of drug-likeness (QED) is 0.689. The smallest absolute Gasteiger partial charge is 0.412 e. The van der Waals surface area contributed by atoms with E-state index in [0.717, 1.165) is 5.56 Å². The summed E-state index contributed by atoms with van der Waals surface area (Å²) in [6, 6.07) is 11.3. The first-order chi connectivity index (χ1) is 10.7. The summed E-state index contributed by atoms with van der Waals surface area (Å²) < 4.78 is 4.82. The van der Waals surface area contributed by atoms with Crippen LogP contribution in [0.15, 0.2) is 36.4 Å². The summed E-state index contributed by atoms with van der Waals surface area (Å²) in [7, 11) is 0. The number of nitrogens with two attached hydrogens (primary N) is 1. The van der Waals surface area contributed by atoms with Crippen molar-refractivity contribution in [3.63, 3.8) is 0 Å². The number of H-pyrrole nitrogens is 1. The molecule has 0 atom stereocenters. The van der Waals surface area contributed by atoms with Crippen LogP contribution in [0, 0.1) is 0 Å². The Bertz CT molecular complexity index is 813. The Kier molecular flexibility index (Phi) is 3.61. The molecule has 0 fully saturated rings. The maximum atomic E-state index is 11.4. The highest BCUT2D eigenvalue weighted by Gasteiger charge is 2.12. The summed E-state index contributed by atoms with van der Waals surface area (Å²) in [5, 5.41) is 2.52. The molecule has 1 amide bonds. The zero-order valence-corrected chi connectivity index (χ0v) is 12.0. The number of nitrogens with one attached hydrogen (secondary N) is 2. The highest BCUT2D eigenvalue weighted by atomic mass is 16.5. The van der Waals surface area contributed by atoms with E-state index in [4.69, 9.17) is 10.5 Å². The number of amides is 1. The largest absolute Gasteiger partial charge is 0.450 e. The SMILES string of the molecule is CCOC(=O)Nc1cc2[nH]c(-c3ccccc3)nc2c(N)n1. The molecular formula is C15H15N5O2. The number of nitrogen functional groups attached to an aromatic ring is 1. The molecule has 0 unspecified atom stereocenters. The topological polar surface area (TPSA) is 106 Å². The molecule has 1 aromatic carbocycles. The molecule has 3 aromatic rings. The minimum Gasteiger partial charge on any atom is -0.450 e. The lowest BCUT2D eigenvalue weighted by Crippen LogP contribution is -2.14. The van der Waals surface area contributed by atoms with E-state index in [1.54, 1.807) is 13.0 Å². The number of carbonyl (C=O) groups is 1. The standard InChI is InChI=1S/C15H15N5O2/c1-2-22-15(21)19-11-8-10-12(13(16)18-11)20-14(17-10)9-6-4-3-5-7-9/h3-8H,2H2,1H3,(H,17,20)(H3,16,18,19,21). The van der Waals surface area contributed by atoms with Gasteiger partial charge < -0.3 is 15.5 Å². The summed E-state index contributed by atoms with van der Waals surface area (Å²) in [6.07, 6.45) is -0.573. The second-order valence-electron chi connectivity index (χ2n) is 4.59. The summed E-state index contributed by atoms with van der Waals surface area (Å²) >= 11 is 0. The molecule has 22 heavy (non-hydrogen) atoms. The van der Waals surface area contributed by atoms with Gasteiger partial charge >= 0.3 is 6.09 Å². The van der Waals surface area contributed by atoms with E-state index in [0.29, 0.717) is 22.7 Å². The van der Waals surface area contributed by atoms with Crippen molar-refractivity contribution < 1.29 is 9.53 Å². The Morgan fingerprint density at radius 3 is 2.82 bits per heavy atom. The monoisotopic (exact) mass is 297 g/mol. The highest BCUT2D eigenvalue weighted by molar-refractivity contribution is 5.92. The molecule has 2 heterocycles. The minimum absolute atomic E-state index is 0.239. The third-order valence-electron chi connectivity index (χ3n) is 3.05. The number of nitrogens with zero attached hydrogens (tertiary/aromatic N) is 2. The van der Waals surface area contributed by atoms with Crippen LogP contribution in [0.25, 0.3) is 22.4 Å². The summed E-state index contributed by atoms with van der Waals surface area (Å²) in [4.78, 5) is 23.2. The molecule has 0 spiro atoms. The summed E-state index contributed by atoms with van der Waals surface area (Å²) in [5.74, 6) is 1.24. The first kappa shape index (κ1) is 13.9. The Balaban J connectivity index is 1.98. The second-order valence-corrected chi connectivity index (χ2v) is 4.59.